The van der Waals surface area contributed by atoms with Crippen LogP contribution in [-0.2, 0) is 13.6 Å². The van der Waals surface area contributed by atoms with E-state index in [1.54, 1.807) is 0 Å². The standard InChI is InChI=1S/C28H56NO5P.Na/c1-3-5-7-9-11-12-17-21-25-29-28(30)24-20-16-13-15-19-23-27-26(33-35(31,32)34-27)22-18-14-10-8-6-4-2;/h26-27H,3-25H2,1-2H3,(H,29,30)(H,31,32);/q;+1/p-1. The molecule has 3 atom stereocenters. The summed E-state index contributed by atoms with van der Waals surface area (Å²) in [5.41, 5.74) is 0. The van der Waals surface area contributed by atoms with Gasteiger partial charge in [-0.15, -0.1) is 0 Å². The summed E-state index contributed by atoms with van der Waals surface area (Å²) < 4.78 is 22.5. The Bertz CT molecular complexity index is 578. The number of hydrogen-bond donors (Lipinski definition) is 1. The number of nitrogens with zero attached hydrogens (tertiary/aromatic N) is 1. The number of phosphoric ester groups is 1. The summed E-state index contributed by atoms with van der Waals surface area (Å²) >= 11 is 0. The van der Waals surface area contributed by atoms with Gasteiger partial charge in [-0.2, -0.15) is 0 Å². The van der Waals surface area contributed by atoms with Crippen LogP contribution in [0.25, 0.3) is 0 Å². The molecule has 1 heterocycles. The van der Waals surface area contributed by atoms with Gasteiger partial charge in [0.05, 0.1) is 12.2 Å². The maximum atomic E-state index is 11.9. The molecule has 1 fully saturated rings. The Morgan fingerprint density at radius 2 is 1.08 bits per heavy atom. The Morgan fingerprint density at radius 3 is 1.56 bits per heavy atom. The van der Waals surface area contributed by atoms with E-state index in [-0.39, 0.29) is 47.7 Å². The second kappa shape index (κ2) is 24.6. The van der Waals surface area contributed by atoms with Crippen molar-refractivity contribution in [3.8, 4) is 0 Å². The molecule has 8 heteroatoms. The fraction of sp³-hybridized carbons (Fsp3) is 0.964. The van der Waals surface area contributed by atoms with Crippen molar-refractivity contribution in [1.29, 1.82) is 0 Å². The number of aliphatic imine (C=N–C) groups is 1. The second-order valence-electron chi connectivity index (χ2n) is 10.4. The van der Waals surface area contributed by atoms with E-state index in [1.807, 2.05) is 0 Å². The maximum Gasteiger partial charge on any atom is 1.00 e. The van der Waals surface area contributed by atoms with Crippen LogP contribution in [0, 0.1) is 0 Å². The summed E-state index contributed by atoms with van der Waals surface area (Å²) in [6, 6.07) is 0. The third-order valence-electron chi connectivity index (χ3n) is 6.97. The molecule has 0 radical (unpaired) electrons. The monoisotopic (exact) mass is 539 g/mol. The second-order valence-corrected chi connectivity index (χ2v) is 11.7. The van der Waals surface area contributed by atoms with E-state index in [9.17, 15) is 14.6 Å². The van der Waals surface area contributed by atoms with Gasteiger partial charge < -0.3 is 15.0 Å². The average Bonchev–Trinajstić information content (AvgIpc) is 3.12. The molecule has 0 bridgehead atoms. The van der Waals surface area contributed by atoms with E-state index in [4.69, 9.17) is 9.05 Å². The van der Waals surface area contributed by atoms with Gasteiger partial charge in [0.15, 0.2) is 0 Å². The topological polar surface area (TPSA) is 91.2 Å². The van der Waals surface area contributed by atoms with E-state index < -0.39 is 7.82 Å². The van der Waals surface area contributed by atoms with Crippen molar-refractivity contribution in [2.24, 2.45) is 4.99 Å². The molecular formula is C28H55NNaO5P. The smallest absolute Gasteiger partial charge is 0.862 e. The zero-order chi connectivity index (χ0) is 25.6. The summed E-state index contributed by atoms with van der Waals surface area (Å²) in [7, 11) is -3.87. The van der Waals surface area contributed by atoms with Crippen LogP contribution in [-0.4, -0.2) is 29.5 Å². The number of phosphoric acid groups is 1. The van der Waals surface area contributed by atoms with Crippen molar-refractivity contribution < 1.29 is 53.2 Å². The molecule has 1 N–H and O–H groups in total. The fourth-order valence-electron chi connectivity index (χ4n) is 4.79. The largest absolute Gasteiger partial charge is 1.00 e. The van der Waals surface area contributed by atoms with E-state index in [0.717, 1.165) is 64.2 Å². The summed E-state index contributed by atoms with van der Waals surface area (Å²) in [6.07, 6.45) is 23.9. The van der Waals surface area contributed by atoms with Gasteiger partial charge in [-0.05, 0) is 38.0 Å². The molecular weight excluding hydrogens is 484 g/mol. The fourth-order valence-corrected chi connectivity index (χ4v) is 6.00. The minimum Gasteiger partial charge on any atom is -0.862 e. The van der Waals surface area contributed by atoms with E-state index in [0.29, 0.717) is 13.0 Å². The molecule has 0 aromatic heterocycles. The normalized spacial score (nSPS) is 22.1. The van der Waals surface area contributed by atoms with Crippen LogP contribution >= 0.6 is 7.82 Å². The first kappa shape index (κ1) is 36.6. The number of hydrogen-bond acceptors (Lipinski definition) is 5. The van der Waals surface area contributed by atoms with E-state index in [1.165, 1.54) is 70.6 Å². The van der Waals surface area contributed by atoms with Crippen molar-refractivity contribution in [2.45, 2.75) is 167 Å². The van der Waals surface area contributed by atoms with Crippen LogP contribution < -0.4 is 34.7 Å². The summed E-state index contributed by atoms with van der Waals surface area (Å²) in [4.78, 5) is 14.0. The van der Waals surface area contributed by atoms with Crippen LogP contribution in [0.2, 0.25) is 0 Å². The minimum absolute atomic E-state index is 0. The quantitative estimate of drug-likeness (QED) is 0.0594. The summed E-state index contributed by atoms with van der Waals surface area (Å²) in [5.74, 6) is 0.0562. The predicted molar refractivity (Wildman–Crippen MR) is 145 cm³/mol. The minimum atomic E-state index is -3.87. The first-order valence-corrected chi connectivity index (χ1v) is 16.4. The molecule has 0 spiro atoms. The Hall–Kier alpha value is 0.580. The molecule has 1 rings (SSSR count). The first-order valence-electron chi connectivity index (χ1n) is 14.9. The molecule has 0 aromatic rings. The molecule has 0 aromatic carbocycles. The molecule has 208 valence electrons. The van der Waals surface area contributed by atoms with Crippen molar-refractivity contribution in [3.63, 3.8) is 0 Å². The van der Waals surface area contributed by atoms with Gasteiger partial charge in [0, 0.05) is 6.54 Å². The Kier molecular flexibility index (Phi) is 25.0. The van der Waals surface area contributed by atoms with Crippen molar-refractivity contribution in [2.75, 3.05) is 6.54 Å². The SMILES string of the molecule is CCCCCCCCCCN=C([O-])CCCCCCCC1OP(=O)(O)OC1CCCCCCCC.[Na+]. The molecule has 1 aliphatic rings. The van der Waals surface area contributed by atoms with Gasteiger partial charge in [-0.3, -0.25) is 9.05 Å². The number of rotatable bonds is 24. The van der Waals surface area contributed by atoms with Gasteiger partial charge in [-0.25, -0.2) is 4.57 Å². The van der Waals surface area contributed by atoms with Crippen molar-refractivity contribution in [3.05, 3.63) is 0 Å². The predicted octanol–water partition coefficient (Wildman–Crippen LogP) is 5.26. The van der Waals surface area contributed by atoms with Gasteiger partial charge in [0.2, 0.25) is 0 Å². The van der Waals surface area contributed by atoms with Crippen LogP contribution in [0.5, 0.6) is 0 Å². The van der Waals surface area contributed by atoms with Crippen LogP contribution in [0.4, 0.5) is 0 Å². The average molecular weight is 540 g/mol. The number of unbranched alkanes of at least 4 members (excludes halogenated alkanes) is 16. The molecule has 0 amide bonds. The Balaban J connectivity index is 0.0000122. The van der Waals surface area contributed by atoms with Crippen molar-refractivity contribution >= 4 is 13.7 Å². The van der Waals surface area contributed by atoms with Gasteiger partial charge in [-0.1, -0.05) is 123 Å². The molecule has 1 aliphatic heterocycles. The van der Waals surface area contributed by atoms with Gasteiger partial charge in [0.1, 0.15) is 0 Å². The van der Waals surface area contributed by atoms with Gasteiger partial charge >= 0.3 is 37.4 Å². The Labute approximate surface area is 244 Å². The van der Waals surface area contributed by atoms with Crippen LogP contribution in [0.3, 0.4) is 0 Å². The molecule has 6 nitrogen and oxygen atoms in total. The molecule has 0 aliphatic carbocycles. The Morgan fingerprint density at radius 1 is 0.694 bits per heavy atom. The molecule has 3 unspecified atom stereocenters. The van der Waals surface area contributed by atoms with Crippen LogP contribution in [0.1, 0.15) is 155 Å². The van der Waals surface area contributed by atoms with Crippen molar-refractivity contribution in [1.82, 2.24) is 0 Å². The maximum absolute atomic E-state index is 11.9. The van der Waals surface area contributed by atoms with Gasteiger partial charge in [0.25, 0.3) is 0 Å². The summed E-state index contributed by atoms with van der Waals surface area (Å²) in [5, 5.41) is 11.9. The molecule has 0 saturated carbocycles. The third-order valence-corrected chi connectivity index (χ3v) is 8.05. The zero-order valence-electron chi connectivity index (χ0n) is 23.9. The van der Waals surface area contributed by atoms with Crippen LogP contribution in [0.15, 0.2) is 4.99 Å². The summed E-state index contributed by atoms with van der Waals surface area (Å²) in [6.45, 7) is 5.14. The molecule has 1 saturated heterocycles. The first-order chi connectivity index (χ1) is 17.0. The molecule has 36 heavy (non-hydrogen) atoms. The van der Waals surface area contributed by atoms with E-state index >= 15 is 0 Å². The zero-order valence-corrected chi connectivity index (χ0v) is 26.8. The van der Waals surface area contributed by atoms with E-state index in [2.05, 4.69) is 18.8 Å². The third kappa shape index (κ3) is 20.5.